The molecule has 0 aromatic carbocycles. The highest BCUT2D eigenvalue weighted by Gasteiger charge is 2.25. The molecule has 11 heavy (non-hydrogen) atoms. The topological polar surface area (TPSA) is 69.2 Å². The monoisotopic (exact) mass is 170 g/mol. The Labute approximate surface area is 68.5 Å². The first-order chi connectivity index (χ1) is 5.13. The summed E-state index contributed by atoms with van der Waals surface area (Å²) >= 11 is 4.74. The molecule has 0 heterocycles. The first-order valence-corrected chi connectivity index (χ1v) is 3.35. The van der Waals surface area contributed by atoms with Crippen LogP contribution in [-0.4, -0.2) is 15.8 Å². The Morgan fingerprint density at radius 2 is 2.36 bits per heavy atom. The van der Waals surface area contributed by atoms with Crippen LogP contribution >= 0.6 is 12.2 Å². The van der Waals surface area contributed by atoms with E-state index >= 15 is 0 Å². The molecule has 1 rings (SSSR count). The van der Waals surface area contributed by atoms with Crippen LogP contribution in [0.25, 0.3) is 0 Å². The number of hydrogen-bond donors (Lipinski definition) is 1. The molecule has 0 aromatic heterocycles. The second-order valence-corrected chi connectivity index (χ2v) is 2.54. The SMILES string of the molecule is NC1=CC=CC([N+](=O)[O-])C1=S. The van der Waals surface area contributed by atoms with Gasteiger partial charge in [-0.25, -0.2) is 0 Å². The highest BCUT2D eigenvalue weighted by molar-refractivity contribution is 7.81. The van der Waals surface area contributed by atoms with Crippen molar-refractivity contribution in [2.24, 2.45) is 5.73 Å². The fourth-order valence-electron chi connectivity index (χ4n) is 0.771. The molecule has 1 aliphatic carbocycles. The van der Waals surface area contributed by atoms with Gasteiger partial charge in [0.15, 0.2) is 0 Å². The van der Waals surface area contributed by atoms with E-state index in [-0.39, 0.29) is 4.86 Å². The highest BCUT2D eigenvalue weighted by Crippen LogP contribution is 2.08. The van der Waals surface area contributed by atoms with E-state index in [1.54, 1.807) is 12.2 Å². The molecule has 2 N–H and O–H groups in total. The summed E-state index contributed by atoms with van der Waals surface area (Å²) in [6.07, 6.45) is 4.51. The van der Waals surface area contributed by atoms with Gasteiger partial charge in [0.1, 0.15) is 4.86 Å². The van der Waals surface area contributed by atoms with Crippen LogP contribution in [0.2, 0.25) is 0 Å². The fourth-order valence-corrected chi connectivity index (χ4v) is 1.00. The van der Waals surface area contributed by atoms with Gasteiger partial charge in [0.25, 0.3) is 6.04 Å². The van der Waals surface area contributed by atoms with Gasteiger partial charge in [-0.3, -0.25) is 10.1 Å². The van der Waals surface area contributed by atoms with Gasteiger partial charge < -0.3 is 5.73 Å². The standard InChI is InChI=1S/C6H6N2O2S/c7-4-2-1-3-5(6(4)11)8(9)10/h1-3,5H,7H2. The van der Waals surface area contributed by atoms with Crippen molar-refractivity contribution in [1.82, 2.24) is 0 Å². The molecule has 0 spiro atoms. The summed E-state index contributed by atoms with van der Waals surface area (Å²) in [6, 6.07) is -0.921. The Balaban J connectivity index is 2.90. The third-order valence-electron chi connectivity index (χ3n) is 1.35. The van der Waals surface area contributed by atoms with E-state index in [1.165, 1.54) is 6.08 Å². The predicted octanol–water partition coefficient (Wildman–Crippen LogP) is 0.414. The lowest BCUT2D eigenvalue weighted by atomic mass is 10.1. The first kappa shape index (κ1) is 7.87. The molecular weight excluding hydrogens is 164 g/mol. The summed E-state index contributed by atoms with van der Waals surface area (Å²) in [6.45, 7) is 0. The van der Waals surface area contributed by atoms with E-state index in [0.717, 1.165) is 0 Å². The Morgan fingerprint density at radius 1 is 1.73 bits per heavy atom. The number of nitrogens with zero attached hydrogens (tertiary/aromatic N) is 1. The van der Waals surface area contributed by atoms with Crippen molar-refractivity contribution >= 4 is 17.1 Å². The zero-order chi connectivity index (χ0) is 8.43. The van der Waals surface area contributed by atoms with Crippen LogP contribution in [0.4, 0.5) is 0 Å². The summed E-state index contributed by atoms with van der Waals surface area (Å²) in [5, 5.41) is 10.3. The maximum Gasteiger partial charge on any atom is 0.268 e. The molecule has 4 nitrogen and oxygen atoms in total. The van der Waals surface area contributed by atoms with Crippen LogP contribution < -0.4 is 5.73 Å². The van der Waals surface area contributed by atoms with Crippen molar-refractivity contribution in [2.75, 3.05) is 0 Å². The molecule has 0 radical (unpaired) electrons. The third-order valence-corrected chi connectivity index (χ3v) is 1.83. The number of nitro groups is 1. The Kier molecular flexibility index (Phi) is 2.00. The molecule has 1 aliphatic rings. The zero-order valence-corrected chi connectivity index (χ0v) is 6.38. The molecular formula is C6H6N2O2S. The minimum atomic E-state index is -0.921. The van der Waals surface area contributed by atoms with Gasteiger partial charge in [-0.15, -0.1) is 0 Å². The zero-order valence-electron chi connectivity index (χ0n) is 5.56. The van der Waals surface area contributed by atoms with E-state index < -0.39 is 11.0 Å². The Bertz CT molecular complexity index is 270. The number of hydrogen-bond acceptors (Lipinski definition) is 4. The van der Waals surface area contributed by atoms with Crippen molar-refractivity contribution in [3.8, 4) is 0 Å². The van der Waals surface area contributed by atoms with Crippen LogP contribution in [-0.2, 0) is 0 Å². The van der Waals surface area contributed by atoms with E-state index in [1.807, 2.05) is 0 Å². The van der Waals surface area contributed by atoms with Crippen molar-refractivity contribution in [3.63, 3.8) is 0 Å². The highest BCUT2D eigenvalue weighted by atomic mass is 32.1. The van der Waals surface area contributed by atoms with Gasteiger partial charge in [-0.2, -0.15) is 0 Å². The van der Waals surface area contributed by atoms with E-state index in [2.05, 4.69) is 0 Å². The van der Waals surface area contributed by atoms with Gasteiger partial charge >= 0.3 is 0 Å². The van der Waals surface area contributed by atoms with E-state index in [4.69, 9.17) is 18.0 Å². The van der Waals surface area contributed by atoms with Gasteiger partial charge in [0.2, 0.25) is 0 Å². The fraction of sp³-hybridized carbons (Fsp3) is 0.167. The average molecular weight is 170 g/mol. The Hall–Kier alpha value is -1.23. The first-order valence-electron chi connectivity index (χ1n) is 2.94. The number of rotatable bonds is 1. The van der Waals surface area contributed by atoms with Crippen LogP contribution in [0.15, 0.2) is 23.9 Å². The van der Waals surface area contributed by atoms with Gasteiger partial charge in [0, 0.05) is 4.92 Å². The van der Waals surface area contributed by atoms with Crippen LogP contribution in [0, 0.1) is 10.1 Å². The lowest BCUT2D eigenvalue weighted by Gasteiger charge is -2.09. The van der Waals surface area contributed by atoms with Crippen molar-refractivity contribution in [2.45, 2.75) is 6.04 Å². The number of thiocarbonyl (C=S) groups is 1. The molecule has 0 bridgehead atoms. The summed E-state index contributed by atoms with van der Waals surface area (Å²) in [5.41, 5.74) is 5.68. The van der Waals surface area contributed by atoms with Crippen LogP contribution in [0.3, 0.4) is 0 Å². The number of allylic oxidation sites excluding steroid dienone is 2. The summed E-state index contributed by atoms with van der Waals surface area (Å²) in [7, 11) is 0. The minimum Gasteiger partial charge on any atom is -0.398 e. The second-order valence-electron chi connectivity index (χ2n) is 2.10. The van der Waals surface area contributed by atoms with Crippen LogP contribution in [0.1, 0.15) is 0 Å². The van der Waals surface area contributed by atoms with Gasteiger partial charge in [0.05, 0.1) is 5.70 Å². The lowest BCUT2D eigenvalue weighted by molar-refractivity contribution is -0.489. The third kappa shape index (κ3) is 1.43. The largest absolute Gasteiger partial charge is 0.398 e. The normalized spacial score (nSPS) is 23.1. The maximum atomic E-state index is 10.3. The second kappa shape index (κ2) is 2.79. The van der Waals surface area contributed by atoms with E-state index in [0.29, 0.717) is 5.70 Å². The van der Waals surface area contributed by atoms with Gasteiger partial charge in [-0.1, -0.05) is 18.3 Å². The molecule has 5 heteroatoms. The molecule has 0 aromatic rings. The van der Waals surface area contributed by atoms with Crippen molar-refractivity contribution < 1.29 is 4.92 Å². The quantitative estimate of drug-likeness (QED) is 0.351. The van der Waals surface area contributed by atoms with E-state index in [9.17, 15) is 10.1 Å². The molecule has 0 aliphatic heterocycles. The summed E-state index contributed by atoms with van der Waals surface area (Å²) in [4.78, 5) is 10.0. The molecule has 0 saturated heterocycles. The number of nitrogens with two attached hydrogens (primary N) is 1. The molecule has 1 unspecified atom stereocenters. The molecule has 1 atom stereocenters. The Morgan fingerprint density at radius 3 is 2.82 bits per heavy atom. The summed E-state index contributed by atoms with van der Waals surface area (Å²) < 4.78 is 0. The molecule has 0 saturated carbocycles. The molecule has 0 amide bonds. The van der Waals surface area contributed by atoms with Crippen molar-refractivity contribution in [1.29, 1.82) is 0 Å². The van der Waals surface area contributed by atoms with Crippen LogP contribution in [0.5, 0.6) is 0 Å². The maximum absolute atomic E-state index is 10.3. The minimum absolute atomic E-state index is 0.192. The average Bonchev–Trinajstić information content (AvgIpc) is 1.94. The smallest absolute Gasteiger partial charge is 0.268 e. The van der Waals surface area contributed by atoms with Gasteiger partial charge in [-0.05, 0) is 12.2 Å². The summed E-state index contributed by atoms with van der Waals surface area (Å²) in [5.74, 6) is 0. The predicted molar refractivity (Wildman–Crippen MR) is 44.8 cm³/mol. The van der Waals surface area contributed by atoms with Crippen molar-refractivity contribution in [3.05, 3.63) is 34.0 Å². The molecule has 58 valence electrons. The molecule has 0 fully saturated rings. The lowest BCUT2D eigenvalue weighted by Crippen LogP contribution is -2.31.